The molecule has 0 bridgehead atoms. The van der Waals surface area contributed by atoms with E-state index in [0.717, 1.165) is 0 Å². The summed E-state index contributed by atoms with van der Waals surface area (Å²) in [6, 6.07) is 3.61. The van der Waals surface area contributed by atoms with Crippen molar-refractivity contribution in [2.24, 2.45) is 0 Å². The van der Waals surface area contributed by atoms with Gasteiger partial charge in [-0.3, -0.25) is 9.59 Å². The highest BCUT2D eigenvalue weighted by Crippen LogP contribution is 2.45. The van der Waals surface area contributed by atoms with Crippen molar-refractivity contribution in [1.82, 2.24) is 14.8 Å². The van der Waals surface area contributed by atoms with Gasteiger partial charge in [0.2, 0.25) is 5.91 Å². The number of pyridine rings is 1. The SMILES string of the molecule is COC1CN(c2nc(-c3c(N)cccc3F)c(F)c3c2C(=O)N2CCN(C(C)=O)C[C@@H]2CO3)C(C)(C)C1. The largest absolute Gasteiger partial charge is 0.487 e. The minimum Gasteiger partial charge on any atom is -0.487 e. The molecule has 2 amide bonds. The van der Waals surface area contributed by atoms with Crippen LogP contribution in [0, 0.1) is 11.6 Å². The fourth-order valence-corrected chi connectivity index (χ4v) is 5.60. The Labute approximate surface area is 214 Å². The zero-order valence-electron chi connectivity index (χ0n) is 21.4. The molecule has 5 rings (SSSR count). The van der Waals surface area contributed by atoms with Gasteiger partial charge in [0.25, 0.3) is 5.91 Å². The van der Waals surface area contributed by atoms with Gasteiger partial charge in [0.1, 0.15) is 29.5 Å². The molecule has 2 fully saturated rings. The van der Waals surface area contributed by atoms with Crippen LogP contribution in [0.2, 0.25) is 0 Å². The molecule has 2 aromatic rings. The lowest BCUT2D eigenvalue weighted by atomic mass is 9.99. The maximum atomic E-state index is 16.2. The molecule has 3 aliphatic heterocycles. The van der Waals surface area contributed by atoms with Gasteiger partial charge in [-0.15, -0.1) is 0 Å². The van der Waals surface area contributed by atoms with Crippen LogP contribution in [0.3, 0.4) is 0 Å². The lowest BCUT2D eigenvalue weighted by Gasteiger charge is -2.40. The third-order valence-electron chi connectivity index (χ3n) is 7.61. The monoisotopic (exact) mass is 515 g/mol. The van der Waals surface area contributed by atoms with E-state index < -0.39 is 29.1 Å². The Morgan fingerprint density at radius 2 is 1.97 bits per heavy atom. The number of nitrogens with zero attached hydrogens (tertiary/aromatic N) is 4. The molecule has 37 heavy (non-hydrogen) atoms. The molecule has 0 spiro atoms. The Morgan fingerprint density at radius 3 is 2.62 bits per heavy atom. The average Bonchev–Trinajstić information content (AvgIpc) is 3.08. The number of hydrogen-bond donors (Lipinski definition) is 1. The Bertz CT molecular complexity index is 1250. The van der Waals surface area contributed by atoms with Crippen LogP contribution in [0.1, 0.15) is 37.6 Å². The Kier molecular flexibility index (Phi) is 6.21. The van der Waals surface area contributed by atoms with Gasteiger partial charge in [0, 0.05) is 51.4 Å². The molecule has 1 aromatic heterocycles. The molecule has 0 radical (unpaired) electrons. The van der Waals surface area contributed by atoms with Crippen LogP contribution in [-0.4, -0.2) is 84.2 Å². The number of ether oxygens (including phenoxy) is 2. The van der Waals surface area contributed by atoms with Gasteiger partial charge in [-0.05, 0) is 32.4 Å². The average molecular weight is 516 g/mol. The second kappa shape index (κ2) is 9.13. The fourth-order valence-electron chi connectivity index (χ4n) is 5.60. The number of nitrogens with two attached hydrogens (primary N) is 1. The first-order chi connectivity index (χ1) is 17.5. The zero-order chi connectivity index (χ0) is 26.6. The smallest absolute Gasteiger partial charge is 0.262 e. The third-order valence-corrected chi connectivity index (χ3v) is 7.61. The summed E-state index contributed by atoms with van der Waals surface area (Å²) in [7, 11) is 1.61. The number of piperazine rings is 1. The van der Waals surface area contributed by atoms with Gasteiger partial charge in [0.15, 0.2) is 11.6 Å². The highest BCUT2D eigenvalue weighted by Gasteiger charge is 2.46. The first kappa shape index (κ1) is 25.2. The Balaban J connectivity index is 1.72. The van der Waals surface area contributed by atoms with Crippen LogP contribution in [-0.2, 0) is 9.53 Å². The number of carbonyl (C=O) groups is 2. The molecule has 198 valence electrons. The van der Waals surface area contributed by atoms with E-state index in [1.807, 2.05) is 18.7 Å². The van der Waals surface area contributed by atoms with E-state index >= 15 is 4.39 Å². The summed E-state index contributed by atoms with van der Waals surface area (Å²) in [6.07, 6.45) is 0.497. The number of halogens is 2. The third kappa shape index (κ3) is 4.14. The molecule has 1 unspecified atom stereocenters. The highest BCUT2D eigenvalue weighted by atomic mass is 19.1. The molecule has 2 N–H and O–H groups in total. The normalized spacial score (nSPS) is 22.9. The molecule has 3 aliphatic rings. The maximum Gasteiger partial charge on any atom is 0.262 e. The molecular formula is C26H31F2N5O4. The number of carbonyl (C=O) groups excluding carboxylic acids is 2. The summed E-state index contributed by atoms with van der Waals surface area (Å²) < 4.78 is 42.7. The van der Waals surface area contributed by atoms with Crippen molar-refractivity contribution in [2.75, 3.05) is 50.5 Å². The fraction of sp³-hybridized carbons (Fsp3) is 0.500. The van der Waals surface area contributed by atoms with Crippen molar-refractivity contribution in [2.45, 2.75) is 44.9 Å². The van der Waals surface area contributed by atoms with Gasteiger partial charge < -0.3 is 29.9 Å². The summed E-state index contributed by atoms with van der Waals surface area (Å²) >= 11 is 0. The lowest BCUT2D eigenvalue weighted by molar-refractivity contribution is -0.131. The molecule has 0 aliphatic carbocycles. The summed E-state index contributed by atoms with van der Waals surface area (Å²) in [6.45, 7) is 6.72. The second-order valence-electron chi connectivity index (χ2n) is 10.4. The van der Waals surface area contributed by atoms with Crippen molar-refractivity contribution < 1.29 is 27.8 Å². The number of nitrogen functional groups attached to an aromatic ring is 1. The first-order valence-corrected chi connectivity index (χ1v) is 12.3. The van der Waals surface area contributed by atoms with Crippen LogP contribution >= 0.6 is 0 Å². The summed E-state index contributed by atoms with van der Waals surface area (Å²) in [5, 5.41) is 0. The van der Waals surface area contributed by atoms with Crippen LogP contribution in [0.5, 0.6) is 5.75 Å². The van der Waals surface area contributed by atoms with E-state index in [-0.39, 0.29) is 65.8 Å². The number of aromatic nitrogens is 1. The Morgan fingerprint density at radius 1 is 1.22 bits per heavy atom. The molecule has 1 aromatic carbocycles. The van der Waals surface area contributed by atoms with Gasteiger partial charge in [-0.25, -0.2) is 13.8 Å². The van der Waals surface area contributed by atoms with Crippen LogP contribution < -0.4 is 15.4 Å². The highest BCUT2D eigenvalue weighted by molar-refractivity contribution is 6.03. The van der Waals surface area contributed by atoms with E-state index in [2.05, 4.69) is 4.98 Å². The number of fused-ring (bicyclic) bond motifs is 2. The molecular weight excluding hydrogens is 484 g/mol. The number of rotatable bonds is 3. The molecule has 4 heterocycles. The predicted molar refractivity (Wildman–Crippen MR) is 133 cm³/mol. The quantitative estimate of drug-likeness (QED) is 0.628. The van der Waals surface area contributed by atoms with E-state index in [1.165, 1.54) is 25.1 Å². The van der Waals surface area contributed by atoms with Crippen molar-refractivity contribution in [3.8, 4) is 17.0 Å². The lowest BCUT2D eigenvalue weighted by Crippen LogP contribution is -2.57. The van der Waals surface area contributed by atoms with Crippen LogP contribution in [0.25, 0.3) is 11.3 Å². The first-order valence-electron chi connectivity index (χ1n) is 12.3. The molecule has 0 saturated carbocycles. The standard InChI is InChI=1S/C26H31F2N5O4/c1-14(34)31-8-9-32-15(11-31)13-37-23-20(25(32)35)24(33-12-16(36-4)10-26(33,2)3)30-22(21(23)28)19-17(27)6-5-7-18(19)29/h5-7,15-16H,8-13,29H2,1-4H3/t15-,16?/m1/s1. The minimum absolute atomic E-state index is 0.0141. The number of amides is 2. The van der Waals surface area contributed by atoms with E-state index in [0.29, 0.717) is 19.5 Å². The summed E-state index contributed by atoms with van der Waals surface area (Å²) in [4.78, 5) is 35.7. The van der Waals surface area contributed by atoms with Gasteiger partial charge in [-0.1, -0.05) is 6.07 Å². The van der Waals surface area contributed by atoms with Gasteiger partial charge in [0.05, 0.1) is 17.7 Å². The summed E-state index contributed by atoms with van der Waals surface area (Å²) in [5.74, 6) is -2.32. The number of methoxy groups -OCH3 is 1. The molecule has 2 saturated heterocycles. The molecule has 2 atom stereocenters. The second-order valence-corrected chi connectivity index (χ2v) is 10.4. The minimum atomic E-state index is -0.951. The van der Waals surface area contributed by atoms with Crippen LogP contribution in [0.4, 0.5) is 20.3 Å². The van der Waals surface area contributed by atoms with Crippen molar-refractivity contribution in [3.05, 3.63) is 35.4 Å². The van der Waals surface area contributed by atoms with E-state index in [1.54, 1.807) is 16.9 Å². The maximum absolute atomic E-state index is 16.2. The Hall–Kier alpha value is -3.47. The predicted octanol–water partition coefficient (Wildman–Crippen LogP) is 2.68. The molecule has 11 heteroatoms. The zero-order valence-corrected chi connectivity index (χ0v) is 21.4. The van der Waals surface area contributed by atoms with E-state index in [9.17, 15) is 14.0 Å². The van der Waals surface area contributed by atoms with Gasteiger partial charge >= 0.3 is 0 Å². The van der Waals surface area contributed by atoms with Crippen molar-refractivity contribution in [1.29, 1.82) is 0 Å². The topological polar surface area (TPSA) is 101 Å². The summed E-state index contributed by atoms with van der Waals surface area (Å²) in [5.41, 5.74) is 5.05. The van der Waals surface area contributed by atoms with Crippen molar-refractivity contribution in [3.63, 3.8) is 0 Å². The van der Waals surface area contributed by atoms with Gasteiger partial charge in [-0.2, -0.15) is 0 Å². The van der Waals surface area contributed by atoms with Crippen LogP contribution in [0.15, 0.2) is 18.2 Å². The number of hydrogen-bond acceptors (Lipinski definition) is 7. The van der Waals surface area contributed by atoms with Crippen molar-refractivity contribution >= 4 is 23.3 Å². The number of anilines is 2. The molecule has 9 nitrogen and oxygen atoms in total. The van der Waals surface area contributed by atoms with E-state index in [4.69, 9.17) is 15.2 Å². The number of benzene rings is 1.